The first-order chi connectivity index (χ1) is 11.1. The van der Waals surface area contributed by atoms with E-state index in [9.17, 15) is 4.79 Å². The quantitative estimate of drug-likeness (QED) is 0.746. The van der Waals surface area contributed by atoms with Gasteiger partial charge in [0.1, 0.15) is 6.54 Å². The van der Waals surface area contributed by atoms with Gasteiger partial charge >= 0.3 is 0 Å². The molecule has 0 spiro atoms. The largest absolute Gasteiger partial charge is 0.324 e. The third-order valence-electron chi connectivity index (χ3n) is 3.47. The zero-order chi connectivity index (χ0) is 16.2. The maximum absolute atomic E-state index is 12.1. The standard InChI is InChI=1S/C18H16BrN3O/c1-13-17(19)11-22(21-13)12-18(23)20-16-9-7-15(8-10-16)14-5-3-2-4-6-14/h2-11H,12H2,1H3,(H,20,23). The molecule has 3 rings (SSSR count). The summed E-state index contributed by atoms with van der Waals surface area (Å²) in [7, 11) is 0. The number of anilines is 1. The van der Waals surface area contributed by atoms with Crippen LogP contribution in [0.4, 0.5) is 5.69 Å². The Morgan fingerprint density at radius 1 is 1.09 bits per heavy atom. The van der Waals surface area contributed by atoms with Crippen LogP contribution < -0.4 is 5.32 Å². The molecule has 0 aliphatic carbocycles. The maximum atomic E-state index is 12.1. The van der Waals surface area contributed by atoms with E-state index in [1.807, 2.05) is 49.4 Å². The highest BCUT2D eigenvalue weighted by molar-refractivity contribution is 9.10. The molecule has 5 heteroatoms. The van der Waals surface area contributed by atoms with Crippen molar-refractivity contribution in [1.29, 1.82) is 0 Å². The lowest BCUT2D eigenvalue weighted by Gasteiger charge is -2.07. The summed E-state index contributed by atoms with van der Waals surface area (Å²) in [5, 5.41) is 7.14. The molecule has 0 aliphatic heterocycles. The number of rotatable bonds is 4. The second-order valence-electron chi connectivity index (χ2n) is 5.25. The fourth-order valence-corrected chi connectivity index (χ4v) is 2.61. The molecule has 0 atom stereocenters. The number of nitrogens with zero attached hydrogens (tertiary/aromatic N) is 2. The Bertz CT molecular complexity index is 791. The molecule has 23 heavy (non-hydrogen) atoms. The SMILES string of the molecule is Cc1nn(CC(=O)Nc2ccc(-c3ccccc3)cc2)cc1Br. The fraction of sp³-hybridized carbons (Fsp3) is 0.111. The number of aryl methyl sites for hydroxylation is 1. The Hall–Kier alpha value is -2.40. The molecule has 0 saturated carbocycles. The van der Waals surface area contributed by atoms with Crippen molar-refractivity contribution in [3.05, 3.63) is 71.0 Å². The molecule has 0 saturated heterocycles. The lowest BCUT2D eigenvalue weighted by molar-refractivity contribution is -0.116. The van der Waals surface area contributed by atoms with Crippen molar-refractivity contribution in [2.45, 2.75) is 13.5 Å². The second-order valence-corrected chi connectivity index (χ2v) is 6.11. The monoisotopic (exact) mass is 369 g/mol. The zero-order valence-corrected chi connectivity index (χ0v) is 14.2. The van der Waals surface area contributed by atoms with Crippen molar-refractivity contribution in [2.75, 3.05) is 5.32 Å². The van der Waals surface area contributed by atoms with Crippen LogP contribution in [-0.2, 0) is 11.3 Å². The molecule has 0 unspecified atom stereocenters. The number of carbonyl (C=O) groups excluding carboxylic acids is 1. The molecule has 4 nitrogen and oxygen atoms in total. The van der Waals surface area contributed by atoms with Crippen molar-refractivity contribution < 1.29 is 4.79 Å². The van der Waals surface area contributed by atoms with E-state index in [4.69, 9.17) is 0 Å². The first-order valence-corrected chi connectivity index (χ1v) is 8.06. The minimum atomic E-state index is -0.104. The molecule has 1 heterocycles. The highest BCUT2D eigenvalue weighted by Gasteiger charge is 2.07. The van der Waals surface area contributed by atoms with Gasteiger partial charge in [0.2, 0.25) is 5.91 Å². The molecule has 0 fully saturated rings. The highest BCUT2D eigenvalue weighted by Crippen LogP contribution is 2.21. The van der Waals surface area contributed by atoms with Crippen molar-refractivity contribution in [2.24, 2.45) is 0 Å². The van der Waals surface area contributed by atoms with E-state index in [-0.39, 0.29) is 12.5 Å². The van der Waals surface area contributed by atoms with Crippen molar-refractivity contribution in [1.82, 2.24) is 9.78 Å². The van der Waals surface area contributed by atoms with Gasteiger partial charge in [0.25, 0.3) is 0 Å². The van der Waals surface area contributed by atoms with Gasteiger partial charge in [0, 0.05) is 11.9 Å². The zero-order valence-electron chi connectivity index (χ0n) is 12.7. The molecule has 0 radical (unpaired) electrons. The van der Waals surface area contributed by atoms with Gasteiger partial charge in [-0.2, -0.15) is 5.10 Å². The third-order valence-corrected chi connectivity index (χ3v) is 4.25. The molecule has 2 aromatic carbocycles. The van der Waals surface area contributed by atoms with E-state index in [1.54, 1.807) is 10.9 Å². The van der Waals surface area contributed by atoms with Gasteiger partial charge in [-0.3, -0.25) is 9.48 Å². The Balaban J connectivity index is 1.65. The molecule has 116 valence electrons. The smallest absolute Gasteiger partial charge is 0.246 e. The molecule has 3 aromatic rings. The van der Waals surface area contributed by atoms with Crippen LogP contribution in [0.3, 0.4) is 0 Å². The van der Waals surface area contributed by atoms with Crippen molar-refractivity contribution in [3.8, 4) is 11.1 Å². The molecule has 0 aliphatic rings. The predicted octanol–water partition coefficient (Wildman–Crippen LogP) is 4.26. The summed E-state index contributed by atoms with van der Waals surface area (Å²) >= 11 is 3.39. The predicted molar refractivity (Wildman–Crippen MR) is 95.2 cm³/mol. The summed E-state index contributed by atoms with van der Waals surface area (Å²) in [4.78, 5) is 12.1. The van der Waals surface area contributed by atoms with E-state index in [2.05, 4.69) is 38.5 Å². The van der Waals surface area contributed by atoms with Crippen molar-refractivity contribution >= 4 is 27.5 Å². The van der Waals surface area contributed by atoms with Gasteiger partial charge in [0.05, 0.1) is 10.2 Å². The minimum Gasteiger partial charge on any atom is -0.324 e. The number of carbonyl (C=O) groups is 1. The molecule has 0 bridgehead atoms. The normalized spacial score (nSPS) is 10.5. The van der Waals surface area contributed by atoms with E-state index in [1.165, 1.54) is 0 Å². The summed E-state index contributed by atoms with van der Waals surface area (Å²) in [6.07, 6.45) is 1.80. The average molecular weight is 370 g/mol. The summed E-state index contributed by atoms with van der Waals surface area (Å²) in [6.45, 7) is 2.08. The van der Waals surface area contributed by atoms with Gasteiger partial charge < -0.3 is 5.32 Å². The van der Waals surface area contributed by atoms with Crippen LogP contribution in [0.25, 0.3) is 11.1 Å². The molecular formula is C18H16BrN3O. The molecule has 1 N–H and O–H groups in total. The minimum absolute atomic E-state index is 0.104. The Morgan fingerprint density at radius 2 is 1.74 bits per heavy atom. The van der Waals surface area contributed by atoms with Gasteiger partial charge in [-0.05, 0) is 46.1 Å². The highest BCUT2D eigenvalue weighted by atomic mass is 79.9. The number of hydrogen-bond acceptors (Lipinski definition) is 2. The lowest BCUT2D eigenvalue weighted by atomic mass is 10.1. The summed E-state index contributed by atoms with van der Waals surface area (Å²) in [6, 6.07) is 17.9. The van der Waals surface area contributed by atoms with Crippen LogP contribution in [-0.4, -0.2) is 15.7 Å². The summed E-state index contributed by atoms with van der Waals surface area (Å²) in [5.41, 5.74) is 3.92. The van der Waals surface area contributed by atoms with E-state index in [0.29, 0.717) is 0 Å². The van der Waals surface area contributed by atoms with E-state index in [0.717, 1.165) is 27.0 Å². The molecular weight excluding hydrogens is 354 g/mol. The van der Waals surface area contributed by atoms with Crippen LogP contribution in [0, 0.1) is 6.92 Å². The van der Waals surface area contributed by atoms with E-state index < -0.39 is 0 Å². The number of halogens is 1. The fourth-order valence-electron chi connectivity index (χ4n) is 2.30. The Labute approximate surface area is 143 Å². The van der Waals surface area contributed by atoms with Gasteiger partial charge in [-0.25, -0.2) is 0 Å². The number of amides is 1. The lowest BCUT2D eigenvalue weighted by Crippen LogP contribution is -2.19. The maximum Gasteiger partial charge on any atom is 0.246 e. The average Bonchev–Trinajstić information content (AvgIpc) is 2.86. The van der Waals surface area contributed by atoms with Crippen LogP contribution in [0.5, 0.6) is 0 Å². The van der Waals surface area contributed by atoms with E-state index >= 15 is 0 Å². The first kappa shape index (κ1) is 15.5. The van der Waals surface area contributed by atoms with Gasteiger partial charge in [-0.15, -0.1) is 0 Å². The van der Waals surface area contributed by atoms with Crippen LogP contribution in [0.1, 0.15) is 5.69 Å². The number of nitrogens with one attached hydrogen (secondary N) is 1. The Kier molecular flexibility index (Phi) is 4.57. The van der Waals surface area contributed by atoms with Crippen LogP contribution in [0.15, 0.2) is 65.3 Å². The Morgan fingerprint density at radius 3 is 2.35 bits per heavy atom. The number of hydrogen-bond donors (Lipinski definition) is 1. The van der Waals surface area contributed by atoms with Crippen molar-refractivity contribution in [3.63, 3.8) is 0 Å². The van der Waals surface area contributed by atoms with Crippen LogP contribution in [0.2, 0.25) is 0 Å². The second kappa shape index (κ2) is 6.79. The molecule has 1 amide bonds. The van der Waals surface area contributed by atoms with Gasteiger partial charge in [0.15, 0.2) is 0 Å². The number of benzene rings is 2. The number of aromatic nitrogens is 2. The third kappa shape index (κ3) is 3.87. The summed E-state index contributed by atoms with van der Waals surface area (Å²) in [5.74, 6) is -0.104. The topological polar surface area (TPSA) is 46.9 Å². The van der Waals surface area contributed by atoms with Crippen LogP contribution >= 0.6 is 15.9 Å². The molecule has 1 aromatic heterocycles. The van der Waals surface area contributed by atoms with Gasteiger partial charge in [-0.1, -0.05) is 42.5 Å². The first-order valence-electron chi connectivity index (χ1n) is 7.27. The summed E-state index contributed by atoms with van der Waals surface area (Å²) < 4.78 is 2.52.